The first-order chi connectivity index (χ1) is 14.0. The van der Waals surface area contributed by atoms with Gasteiger partial charge in [-0.15, -0.1) is 0 Å². The summed E-state index contributed by atoms with van der Waals surface area (Å²) in [5.74, 6) is 3.25. The number of benzene rings is 1. The molecular weight excluding hydrogens is 382 g/mol. The van der Waals surface area contributed by atoms with E-state index in [1.165, 1.54) is 49.0 Å². The van der Waals surface area contributed by atoms with Crippen LogP contribution >= 0.6 is 11.8 Å². The largest absolute Gasteiger partial charge is 0.496 e. The fourth-order valence-electron chi connectivity index (χ4n) is 6.70. The molecule has 29 heavy (non-hydrogen) atoms. The molecule has 1 heterocycles. The van der Waals surface area contributed by atoms with E-state index in [0.29, 0.717) is 16.9 Å². The standard InChI is InChI=1S/C24H29NO3S/c1-3-6-25-22(26)21(29-23(25)27)11-18-10-19(4-5-20(18)28-2)24-12-15-7-16(13-24)9-17(8-15)14-24/h4-5,10-11,15-17H,3,6-9,12-14H2,1-2H3/b21-11+. The number of nitrogens with zero attached hydrogens (tertiary/aromatic N) is 1. The first-order valence-electron chi connectivity index (χ1n) is 10.9. The average molecular weight is 412 g/mol. The Bertz CT molecular complexity index is 855. The quantitative estimate of drug-likeness (QED) is 0.591. The number of rotatable bonds is 5. The zero-order valence-corrected chi connectivity index (χ0v) is 18.1. The molecule has 0 aromatic heterocycles. The summed E-state index contributed by atoms with van der Waals surface area (Å²) in [6.45, 7) is 2.46. The van der Waals surface area contributed by atoms with Gasteiger partial charge in [0.2, 0.25) is 0 Å². The topological polar surface area (TPSA) is 46.6 Å². The number of carbonyl (C=O) groups excluding carboxylic acids is 2. The Morgan fingerprint density at radius 1 is 1.14 bits per heavy atom. The highest BCUT2D eigenvalue weighted by molar-refractivity contribution is 8.18. The number of ether oxygens (including phenoxy) is 1. The van der Waals surface area contributed by atoms with Gasteiger partial charge in [-0.2, -0.15) is 0 Å². The van der Waals surface area contributed by atoms with E-state index in [1.54, 1.807) is 7.11 Å². The summed E-state index contributed by atoms with van der Waals surface area (Å²) in [5.41, 5.74) is 2.62. The molecule has 6 rings (SSSR count). The Balaban J connectivity index is 1.50. The number of hydrogen-bond donors (Lipinski definition) is 0. The molecular formula is C24H29NO3S. The van der Waals surface area contributed by atoms with Crippen LogP contribution in [0.1, 0.15) is 63.0 Å². The van der Waals surface area contributed by atoms with E-state index in [1.807, 2.05) is 13.0 Å². The molecule has 1 saturated heterocycles. The molecule has 5 fully saturated rings. The molecule has 0 atom stereocenters. The lowest BCUT2D eigenvalue weighted by atomic mass is 9.48. The molecule has 2 amide bonds. The van der Waals surface area contributed by atoms with Crippen molar-refractivity contribution in [3.63, 3.8) is 0 Å². The summed E-state index contributed by atoms with van der Waals surface area (Å²) in [6.07, 6.45) is 10.8. The predicted octanol–water partition coefficient (Wildman–Crippen LogP) is 5.61. The maximum atomic E-state index is 12.7. The molecule has 5 heteroatoms. The van der Waals surface area contributed by atoms with Crippen LogP contribution in [-0.2, 0) is 10.2 Å². The zero-order chi connectivity index (χ0) is 20.2. The molecule has 0 radical (unpaired) electrons. The predicted molar refractivity (Wildman–Crippen MR) is 116 cm³/mol. The summed E-state index contributed by atoms with van der Waals surface area (Å²) < 4.78 is 5.60. The molecule has 154 valence electrons. The van der Waals surface area contributed by atoms with Crippen LogP contribution in [-0.4, -0.2) is 29.7 Å². The van der Waals surface area contributed by atoms with Gasteiger partial charge < -0.3 is 4.74 Å². The number of thioether (sulfide) groups is 1. The first-order valence-corrected chi connectivity index (χ1v) is 11.8. The maximum absolute atomic E-state index is 12.7. The van der Waals surface area contributed by atoms with Gasteiger partial charge in [0.05, 0.1) is 12.0 Å². The molecule has 0 unspecified atom stereocenters. The summed E-state index contributed by atoms with van der Waals surface area (Å²) in [4.78, 5) is 26.8. The summed E-state index contributed by atoms with van der Waals surface area (Å²) in [7, 11) is 1.67. The third kappa shape index (κ3) is 3.22. The molecule has 4 bridgehead atoms. The third-order valence-electron chi connectivity index (χ3n) is 7.49. The summed E-state index contributed by atoms with van der Waals surface area (Å²) in [5, 5.41) is -0.167. The van der Waals surface area contributed by atoms with Crippen LogP contribution < -0.4 is 4.74 Å². The summed E-state index contributed by atoms with van der Waals surface area (Å²) in [6, 6.07) is 6.53. The van der Waals surface area contributed by atoms with Gasteiger partial charge in [0.1, 0.15) is 5.75 Å². The van der Waals surface area contributed by atoms with Gasteiger partial charge >= 0.3 is 0 Å². The SMILES string of the molecule is CCCN1C(=O)S/C(=C/c2cc(C34CC5CC(CC(C5)C3)C4)ccc2OC)C1=O. The van der Waals surface area contributed by atoms with Crippen molar-refractivity contribution in [1.29, 1.82) is 0 Å². The molecule has 4 saturated carbocycles. The van der Waals surface area contributed by atoms with Crippen molar-refractivity contribution >= 4 is 29.0 Å². The second kappa shape index (κ2) is 7.19. The van der Waals surface area contributed by atoms with E-state index in [0.717, 1.165) is 47.2 Å². The van der Waals surface area contributed by atoms with E-state index in [-0.39, 0.29) is 11.1 Å². The molecule has 0 spiro atoms. The second-order valence-electron chi connectivity index (χ2n) is 9.49. The molecule has 4 nitrogen and oxygen atoms in total. The third-order valence-corrected chi connectivity index (χ3v) is 8.40. The molecule has 0 N–H and O–H groups in total. The van der Waals surface area contributed by atoms with E-state index in [9.17, 15) is 9.59 Å². The van der Waals surface area contributed by atoms with Crippen molar-refractivity contribution in [1.82, 2.24) is 4.90 Å². The highest BCUT2D eigenvalue weighted by atomic mass is 32.2. The van der Waals surface area contributed by atoms with Crippen molar-refractivity contribution < 1.29 is 14.3 Å². The lowest BCUT2D eigenvalue weighted by Crippen LogP contribution is -2.48. The van der Waals surface area contributed by atoms with Gasteiger partial charge in [-0.05, 0) is 104 Å². The van der Waals surface area contributed by atoms with Crippen LogP contribution in [0.15, 0.2) is 23.1 Å². The maximum Gasteiger partial charge on any atom is 0.293 e. The fourth-order valence-corrected chi connectivity index (χ4v) is 7.55. The average Bonchev–Trinajstić information content (AvgIpc) is 2.95. The number of amides is 2. The highest BCUT2D eigenvalue weighted by Crippen LogP contribution is 2.61. The van der Waals surface area contributed by atoms with Crippen molar-refractivity contribution in [2.24, 2.45) is 17.8 Å². The monoisotopic (exact) mass is 411 g/mol. The van der Waals surface area contributed by atoms with Gasteiger partial charge in [-0.3, -0.25) is 14.5 Å². The minimum absolute atomic E-state index is 0.167. The van der Waals surface area contributed by atoms with Gasteiger partial charge in [0.15, 0.2) is 0 Å². The van der Waals surface area contributed by atoms with Crippen LogP contribution in [0.4, 0.5) is 4.79 Å². The molecule has 1 aliphatic heterocycles. The van der Waals surface area contributed by atoms with Gasteiger partial charge in [0.25, 0.3) is 11.1 Å². The van der Waals surface area contributed by atoms with Crippen LogP contribution in [0.3, 0.4) is 0 Å². The fraction of sp³-hybridized carbons (Fsp3) is 0.583. The van der Waals surface area contributed by atoms with Crippen LogP contribution in [0.2, 0.25) is 0 Å². The van der Waals surface area contributed by atoms with E-state index >= 15 is 0 Å². The summed E-state index contributed by atoms with van der Waals surface area (Å²) >= 11 is 1.04. The van der Waals surface area contributed by atoms with Gasteiger partial charge in [0, 0.05) is 12.1 Å². The van der Waals surface area contributed by atoms with Crippen molar-refractivity contribution in [3.05, 3.63) is 34.2 Å². The Labute approximate surface area is 177 Å². The Kier molecular flexibility index (Phi) is 4.77. The van der Waals surface area contributed by atoms with Crippen molar-refractivity contribution in [3.8, 4) is 5.75 Å². The Morgan fingerprint density at radius 3 is 2.38 bits per heavy atom. The van der Waals surface area contributed by atoms with Crippen LogP contribution in [0.5, 0.6) is 5.75 Å². The van der Waals surface area contributed by atoms with Crippen molar-refractivity contribution in [2.45, 2.75) is 57.3 Å². The molecule has 5 aliphatic rings. The first kappa shape index (κ1) is 19.2. The minimum atomic E-state index is -0.177. The van der Waals surface area contributed by atoms with Crippen LogP contribution in [0.25, 0.3) is 6.08 Å². The second-order valence-corrected chi connectivity index (χ2v) is 10.5. The van der Waals surface area contributed by atoms with E-state index in [4.69, 9.17) is 4.74 Å². The Morgan fingerprint density at radius 2 is 1.79 bits per heavy atom. The Hall–Kier alpha value is -1.75. The number of hydrogen-bond acceptors (Lipinski definition) is 4. The van der Waals surface area contributed by atoms with Gasteiger partial charge in [-0.1, -0.05) is 13.0 Å². The smallest absolute Gasteiger partial charge is 0.293 e. The van der Waals surface area contributed by atoms with Crippen LogP contribution in [0, 0.1) is 17.8 Å². The zero-order valence-electron chi connectivity index (χ0n) is 17.3. The molecule has 1 aromatic rings. The normalized spacial score (nSPS) is 34.5. The minimum Gasteiger partial charge on any atom is -0.496 e. The lowest BCUT2D eigenvalue weighted by Gasteiger charge is -2.57. The molecule has 1 aromatic carbocycles. The number of imide groups is 1. The number of carbonyl (C=O) groups is 2. The molecule has 4 aliphatic carbocycles. The number of methoxy groups -OCH3 is 1. The van der Waals surface area contributed by atoms with E-state index < -0.39 is 0 Å². The van der Waals surface area contributed by atoms with Crippen molar-refractivity contribution in [2.75, 3.05) is 13.7 Å². The lowest BCUT2D eigenvalue weighted by molar-refractivity contribution is -0.122. The van der Waals surface area contributed by atoms with Gasteiger partial charge in [-0.25, -0.2) is 0 Å². The van der Waals surface area contributed by atoms with E-state index in [2.05, 4.69) is 18.2 Å². The highest BCUT2D eigenvalue weighted by Gasteiger charge is 2.51.